The molecule has 2 saturated heterocycles. The van der Waals surface area contributed by atoms with Crippen molar-refractivity contribution in [3.63, 3.8) is 0 Å². The molecule has 0 N–H and O–H groups in total. The highest BCUT2D eigenvalue weighted by atomic mass is 32.2. The van der Waals surface area contributed by atoms with E-state index in [9.17, 15) is 0 Å². The number of fused-ring (bicyclic) bond motifs is 1. The van der Waals surface area contributed by atoms with Crippen molar-refractivity contribution in [3.8, 4) is 0 Å². The zero-order valence-corrected chi connectivity index (χ0v) is 7.76. The van der Waals surface area contributed by atoms with Crippen LogP contribution < -0.4 is 0 Å². The molecule has 0 saturated carbocycles. The lowest BCUT2D eigenvalue weighted by Gasteiger charge is -2.29. The molecule has 2 nitrogen and oxygen atoms in total. The van der Waals surface area contributed by atoms with Crippen molar-refractivity contribution < 1.29 is 9.47 Å². The van der Waals surface area contributed by atoms with E-state index in [0.29, 0.717) is 22.7 Å². The summed E-state index contributed by atoms with van der Waals surface area (Å²) in [4.78, 5) is 0. The lowest BCUT2D eigenvalue weighted by Crippen LogP contribution is -2.41. The van der Waals surface area contributed by atoms with Gasteiger partial charge in [-0.1, -0.05) is 13.8 Å². The van der Waals surface area contributed by atoms with Crippen molar-refractivity contribution in [2.24, 2.45) is 0 Å². The number of hydrogen-bond donors (Lipinski definition) is 0. The Kier molecular flexibility index (Phi) is 2.12. The van der Waals surface area contributed by atoms with Crippen LogP contribution >= 0.6 is 11.8 Å². The first kappa shape index (κ1) is 7.90. The fraction of sp³-hybridized carbons (Fsp3) is 1.00. The van der Waals surface area contributed by atoms with Crippen molar-refractivity contribution >= 4 is 11.8 Å². The molecule has 11 heavy (non-hydrogen) atoms. The second kappa shape index (κ2) is 2.96. The topological polar surface area (TPSA) is 18.5 Å². The Morgan fingerprint density at radius 3 is 1.91 bits per heavy atom. The Morgan fingerprint density at radius 1 is 1.00 bits per heavy atom. The molecule has 0 aromatic carbocycles. The van der Waals surface area contributed by atoms with Crippen LogP contribution in [-0.2, 0) is 9.47 Å². The van der Waals surface area contributed by atoms with Gasteiger partial charge < -0.3 is 9.47 Å². The number of rotatable bonds is 0. The van der Waals surface area contributed by atoms with Crippen LogP contribution in [0.2, 0.25) is 0 Å². The molecular weight excluding hydrogens is 160 g/mol. The summed E-state index contributed by atoms with van der Waals surface area (Å²) in [5.74, 6) is 0. The lowest BCUT2D eigenvalue weighted by molar-refractivity contribution is -0.130. The fourth-order valence-electron chi connectivity index (χ4n) is 1.86. The van der Waals surface area contributed by atoms with Gasteiger partial charge >= 0.3 is 0 Å². The van der Waals surface area contributed by atoms with Crippen LogP contribution in [-0.4, -0.2) is 35.9 Å². The average Bonchev–Trinajstić information content (AvgIpc) is 2.30. The Balaban J connectivity index is 2.07. The minimum absolute atomic E-state index is 0.351. The van der Waals surface area contributed by atoms with Crippen molar-refractivity contribution in [1.29, 1.82) is 0 Å². The molecule has 0 aromatic rings. The largest absolute Gasteiger partial charge is 0.372 e. The molecule has 2 fully saturated rings. The summed E-state index contributed by atoms with van der Waals surface area (Å²) < 4.78 is 11.3. The minimum atomic E-state index is 0.351. The predicted octanol–water partition coefficient (Wildman–Crippen LogP) is 1.29. The fourth-order valence-corrected chi connectivity index (χ4v) is 3.31. The molecule has 3 heteroatoms. The van der Waals surface area contributed by atoms with E-state index in [1.165, 1.54) is 0 Å². The lowest BCUT2D eigenvalue weighted by atomic mass is 10.1. The quantitative estimate of drug-likeness (QED) is 0.551. The first-order chi connectivity index (χ1) is 5.29. The van der Waals surface area contributed by atoms with Gasteiger partial charge in [-0.15, -0.1) is 0 Å². The molecular formula is C8H14O2S. The Bertz CT molecular complexity index is 135. The minimum Gasteiger partial charge on any atom is -0.372 e. The van der Waals surface area contributed by atoms with Gasteiger partial charge in [0.1, 0.15) is 0 Å². The highest BCUT2D eigenvalue weighted by molar-refractivity contribution is 8.00. The summed E-state index contributed by atoms with van der Waals surface area (Å²) in [6.07, 6.45) is 0.701. The summed E-state index contributed by atoms with van der Waals surface area (Å²) in [7, 11) is 0. The smallest absolute Gasteiger partial charge is 0.0964 e. The maximum atomic E-state index is 5.64. The average molecular weight is 174 g/mol. The molecule has 0 aromatic heterocycles. The Hall–Kier alpha value is 0.270. The van der Waals surface area contributed by atoms with Gasteiger partial charge in [-0.05, 0) is 0 Å². The van der Waals surface area contributed by atoms with Crippen LogP contribution in [0.4, 0.5) is 0 Å². The van der Waals surface area contributed by atoms with Gasteiger partial charge in [0.15, 0.2) is 0 Å². The SMILES string of the molecule is CC1SC(C)C2OCCOC12. The Labute approximate surface area is 71.6 Å². The van der Waals surface area contributed by atoms with E-state index in [0.717, 1.165) is 13.2 Å². The third-order valence-corrected chi connectivity index (χ3v) is 3.78. The third-order valence-electron chi connectivity index (χ3n) is 2.38. The molecule has 2 aliphatic rings. The van der Waals surface area contributed by atoms with Crippen molar-refractivity contribution in [1.82, 2.24) is 0 Å². The molecule has 0 bridgehead atoms. The van der Waals surface area contributed by atoms with E-state index in [4.69, 9.17) is 9.47 Å². The monoisotopic (exact) mass is 174 g/mol. The molecule has 2 aliphatic heterocycles. The normalized spacial score (nSPS) is 50.7. The second-order valence-electron chi connectivity index (χ2n) is 3.22. The summed E-state index contributed by atoms with van der Waals surface area (Å²) in [5, 5.41) is 1.21. The van der Waals surface area contributed by atoms with Crippen molar-refractivity contribution in [2.75, 3.05) is 13.2 Å². The number of ether oxygens (including phenoxy) is 2. The predicted molar refractivity (Wildman–Crippen MR) is 46.0 cm³/mol. The molecule has 0 radical (unpaired) electrons. The summed E-state index contributed by atoms with van der Waals surface area (Å²) in [6, 6.07) is 0. The molecule has 0 amide bonds. The van der Waals surface area contributed by atoms with Gasteiger partial charge in [0.2, 0.25) is 0 Å². The van der Waals surface area contributed by atoms with Gasteiger partial charge in [0.05, 0.1) is 25.4 Å². The first-order valence-electron chi connectivity index (χ1n) is 4.17. The Morgan fingerprint density at radius 2 is 1.45 bits per heavy atom. The van der Waals surface area contributed by atoms with Gasteiger partial charge in [-0.3, -0.25) is 0 Å². The molecule has 2 heterocycles. The van der Waals surface area contributed by atoms with E-state index in [2.05, 4.69) is 13.8 Å². The maximum absolute atomic E-state index is 5.64. The number of thioether (sulfide) groups is 1. The van der Waals surface area contributed by atoms with Crippen LogP contribution in [0.3, 0.4) is 0 Å². The van der Waals surface area contributed by atoms with Gasteiger partial charge in [0, 0.05) is 10.5 Å². The van der Waals surface area contributed by atoms with E-state index in [1.807, 2.05) is 11.8 Å². The van der Waals surface area contributed by atoms with Gasteiger partial charge in [-0.2, -0.15) is 11.8 Å². The number of hydrogen-bond acceptors (Lipinski definition) is 3. The highest BCUT2D eigenvalue weighted by Crippen LogP contribution is 2.38. The van der Waals surface area contributed by atoms with Gasteiger partial charge in [0.25, 0.3) is 0 Å². The van der Waals surface area contributed by atoms with E-state index >= 15 is 0 Å². The second-order valence-corrected chi connectivity index (χ2v) is 4.98. The molecule has 4 unspecified atom stereocenters. The van der Waals surface area contributed by atoms with Crippen LogP contribution in [0.5, 0.6) is 0 Å². The van der Waals surface area contributed by atoms with Crippen molar-refractivity contribution in [2.45, 2.75) is 36.6 Å². The molecule has 4 atom stereocenters. The van der Waals surface area contributed by atoms with E-state index in [-0.39, 0.29) is 0 Å². The summed E-state index contributed by atoms with van der Waals surface area (Å²) in [5.41, 5.74) is 0. The molecule has 2 rings (SSSR count). The van der Waals surface area contributed by atoms with Crippen LogP contribution in [0.25, 0.3) is 0 Å². The molecule has 64 valence electrons. The summed E-state index contributed by atoms with van der Waals surface area (Å²) >= 11 is 1.98. The zero-order valence-electron chi connectivity index (χ0n) is 6.95. The van der Waals surface area contributed by atoms with Crippen LogP contribution in [0.15, 0.2) is 0 Å². The molecule has 0 aliphatic carbocycles. The van der Waals surface area contributed by atoms with Crippen LogP contribution in [0, 0.1) is 0 Å². The van der Waals surface area contributed by atoms with Gasteiger partial charge in [-0.25, -0.2) is 0 Å². The van der Waals surface area contributed by atoms with E-state index in [1.54, 1.807) is 0 Å². The summed E-state index contributed by atoms with van der Waals surface area (Å²) in [6.45, 7) is 6.00. The first-order valence-corrected chi connectivity index (χ1v) is 5.12. The van der Waals surface area contributed by atoms with Crippen LogP contribution in [0.1, 0.15) is 13.8 Å². The third kappa shape index (κ3) is 1.30. The molecule has 0 spiro atoms. The maximum Gasteiger partial charge on any atom is 0.0964 e. The van der Waals surface area contributed by atoms with Crippen molar-refractivity contribution in [3.05, 3.63) is 0 Å². The van der Waals surface area contributed by atoms with E-state index < -0.39 is 0 Å². The highest BCUT2D eigenvalue weighted by Gasteiger charge is 2.42. The zero-order chi connectivity index (χ0) is 7.84. The standard InChI is InChI=1S/C8H14O2S/c1-5-7-8(6(2)11-5)10-4-3-9-7/h5-8H,3-4H2,1-2H3.